The van der Waals surface area contributed by atoms with Gasteiger partial charge in [-0.1, -0.05) is 43.1 Å². The number of hydrogen-bond acceptors (Lipinski definition) is 4. The number of phenolic OH excluding ortho intramolecular Hbond substituents is 1. The Labute approximate surface area is 193 Å². The molecule has 0 saturated carbocycles. The number of likely N-dealkylation sites (tertiary alicyclic amines) is 1. The van der Waals surface area contributed by atoms with Gasteiger partial charge in [0.25, 0.3) is 0 Å². The van der Waals surface area contributed by atoms with E-state index in [2.05, 4.69) is 13.8 Å². The first-order valence-corrected chi connectivity index (χ1v) is 11.2. The first-order chi connectivity index (χ1) is 14.7. The van der Waals surface area contributed by atoms with E-state index in [0.717, 1.165) is 25.1 Å². The molecule has 1 aliphatic heterocycles. The summed E-state index contributed by atoms with van der Waals surface area (Å²) in [4.78, 5) is 15.3. The van der Waals surface area contributed by atoms with Crippen molar-refractivity contribution in [1.29, 1.82) is 0 Å². The maximum atomic E-state index is 13.4. The van der Waals surface area contributed by atoms with Crippen molar-refractivity contribution in [3.63, 3.8) is 0 Å². The third kappa shape index (κ3) is 5.39. The molecule has 0 radical (unpaired) electrons. The summed E-state index contributed by atoms with van der Waals surface area (Å²) in [6.07, 6.45) is 1.29. The van der Waals surface area contributed by atoms with Crippen LogP contribution in [0.4, 0.5) is 0 Å². The molecule has 1 heterocycles. The van der Waals surface area contributed by atoms with E-state index in [0.29, 0.717) is 38.9 Å². The summed E-state index contributed by atoms with van der Waals surface area (Å²) < 4.78 is 10.8. The normalized spacial score (nSPS) is 19.7. The number of methoxy groups -OCH3 is 2. The van der Waals surface area contributed by atoms with Gasteiger partial charge in [-0.3, -0.25) is 4.79 Å². The minimum absolute atomic E-state index is 0.000419. The standard InChI is InChI=1S/C24H29Cl2NO4/c1-14-7-15(2)13-27(12-14)23(29)11-18(16-5-6-19(25)20(26)8-16)24-21(28)9-17(30-3)10-22(24)31-4/h5-6,8-10,14-15,18,28H,7,11-13H2,1-4H3. The largest absolute Gasteiger partial charge is 0.507 e. The summed E-state index contributed by atoms with van der Waals surface area (Å²) >= 11 is 12.4. The van der Waals surface area contributed by atoms with E-state index in [9.17, 15) is 9.90 Å². The van der Waals surface area contributed by atoms with Gasteiger partial charge in [0.1, 0.15) is 17.2 Å². The average molecular weight is 466 g/mol. The lowest BCUT2D eigenvalue weighted by molar-refractivity contribution is -0.134. The fourth-order valence-electron chi connectivity index (χ4n) is 4.51. The molecule has 0 aromatic heterocycles. The summed E-state index contributed by atoms with van der Waals surface area (Å²) in [7, 11) is 3.05. The number of aromatic hydroxyl groups is 1. The van der Waals surface area contributed by atoms with Gasteiger partial charge in [0.15, 0.2) is 0 Å². The molecular weight excluding hydrogens is 437 g/mol. The molecule has 1 fully saturated rings. The van der Waals surface area contributed by atoms with E-state index in [1.54, 1.807) is 18.2 Å². The monoisotopic (exact) mass is 465 g/mol. The highest BCUT2D eigenvalue weighted by molar-refractivity contribution is 6.42. The van der Waals surface area contributed by atoms with Crippen LogP contribution < -0.4 is 9.47 Å². The van der Waals surface area contributed by atoms with Crippen molar-refractivity contribution in [3.8, 4) is 17.2 Å². The van der Waals surface area contributed by atoms with Crippen molar-refractivity contribution in [2.24, 2.45) is 11.8 Å². The van der Waals surface area contributed by atoms with Crippen LogP contribution in [0.15, 0.2) is 30.3 Å². The quantitative estimate of drug-likeness (QED) is 0.590. The van der Waals surface area contributed by atoms with E-state index < -0.39 is 5.92 Å². The average Bonchev–Trinajstić information content (AvgIpc) is 2.73. The molecule has 168 valence electrons. The minimum atomic E-state index is -0.462. The molecular formula is C24H29Cl2NO4. The number of hydrogen-bond donors (Lipinski definition) is 1. The second kappa shape index (κ2) is 10.0. The van der Waals surface area contributed by atoms with Gasteiger partial charge in [0.05, 0.1) is 24.3 Å². The SMILES string of the molecule is COc1cc(O)c(C(CC(=O)N2CC(C)CC(C)C2)c2ccc(Cl)c(Cl)c2)c(OC)c1. The van der Waals surface area contributed by atoms with E-state index in [1.165, 1.54) is 20.3 Å². The zero-order valence-corrected chi connectivity index (χ0v) is 19.8. The van der Waals surface area contributed by atoms with Crippen molar-refractivity contribution < 1.29 is 19.4 Å². The molecule has 31 heavy (non-hydrogen) atoms. The lowest BCUT2D eigenvalue weighted by Gasteiger charge is -2.36. The second-order valence-corrected chi connectivity index (χ2v) is 9.25. The third-order valence-corrected chi connectivity index (χ3v) is 6.58. The Morgan fingerprint density at radius 3 is 2.35 bits per heavy atom. The Morgan fingerprint density at radius 2 is 1.77 bits per heavy atom. The van der Waals surface area contributed by atoms with E-state index >= 15 is 0 Å². The molecule has 0 spiro atoms. The van der Waals surface area contributed by atoms with Crippen LogP contribution in [0.2, 0.25) is 10.0 Å². The highest BCUT2D eigenvalue weighted by atomic mass is 35.5. The molecule has 7 heteroatoms. The predicted molar refractivity (Wildman–Crippen MR) is 124 cm³/mol. The van der Waals surface area contributed by atoms with Gasteiger partial charge in [0, 0.05) is 43.1 Å². The minimum Gasteiger partial charge on any atom is -0.507 e. The Balaban J connectivity index is 2.04. The van der Waals surface area contributed by atoms with Crippen LogP contribution >= 0.6 is 23.2 Å². The third-order valence-electron chi connectivity index (χ3n) is 5.84. The predicted octanol–water partition coefficient (Wildman–Crippen LogP) is 5.74. The van der Waals surface area contributed by atoms with Crippen LogP contribution in [-0.4, -0.2) is 43.2 Å². The number of nitrogens with zero attached hydrogens (tertiary/aromatic N) is 1. The number of ether oxygens (including phenoxy) is 2. The molecule has 1 N–H and O–H groups in total. The molecule has 3 unspecified atom stereocenters. The van der Waals surface area contributed by atoms with Gasteiger partial charge in [0.2, 0.25) is 5.91 Å². The summed E-state index contributed by atoms with van der Waals surface area (Å²) in [5, 5.41) is 11.7. The Bertz CT molecular complexity index is 939. The lowest BCUT2D eigenvalue weighted by atomic mass is 9.85. The van der Waals surface area contributed by atoms with Crippen molar-refractivity contribution in [2.75, 3.05) is 27.3 Å². The first kappa shape index (κ1) is 23.6. The number of halogens is 2. The highest BCUT2D eigenvalue weighted by Gasteiger charge is 2.31. The van der Waals surface area contributed by atoms with E-state index in [1.807, 2.05) is 11.0 Å². The van der Waals surface area contributed by atoms with Gasteiger partial charge in [-0.15, -0.1) is 0 Å². The number of amides is 1. The summed E-state index contributed by atoms with van der Waals surface area (Å²) in [5.41, 5.74) is 1.30. The maximum Gasteiger partial charge on any atom is 0.223 e. The van der Waals surface area contributed by atoms with Gasteiger partial charge in [-0.25, -0.2) is 0 Å². The van der Waals surface area contributed by atoms with Crippen molar-refractivity contribution in [3.05, 3.63) is 51.5 Å². The zero-order valence-electron chi connectivity index (χ0n) is 18.3. The van der Waals surface area contributed by atoms with Gasteiger partial charge in [-0.05, 0) is 36.0 Å². The summed E-state index contributed by atoms with van der Waals surface area (Å²) in [6, 6.07) is 8.50. The van der Waals surface area contributed by atoms with Crippen LogP contribution in [0, 0.1) is 11.8 Å². The van der Waals surface area contributed by atoms with Crippen molar-refractivity contribution in [1.82, 2.24) is 4.90 Å². The van der Waals surface area contributed by atoms with E-state index in [4.69, 9.17) is 32.7 Å². The van der Waals surface area contributed by atoms with Crippen LogP contribution in [-0.2, 0) is 4.79 Å². The van der Waals surface area contributed by atoms with Crippen LogP contribution in [0.5, 0.6) is 17.2 Å². The maximum absolute atomic E-state index is 13.4. The second-order valence-electron chi connectivity index (χ2n) is 8.44. The van der Waals surface area contributed by atoms with Gasteiger partial charge in [-0.2, -0.15) is 0 Å². The number of carbonyl (C=O) groups is 1. The smallest absolute Gasteiger partial charge is 0.223 e. The highest BCUT2D eigenvalue weighted by Crippen LogP contribution is 2.44. The number of carbonyl (C=O) groups excluding carboxylic acids is 1. The molecule has 1 amide bonds. The molecule has 2 aromatic rings. The Hall–Kier alpha value is -2.11. The first-order valence-electron chi connectivity index (χ1n) is 10.4. The zero-order chi connectivity index (χ0) is 22.7. The molecule has 3 atom stereocenters. The molecule has 1 aliphatic rings. The number of rotatable bonds is 6. The fourth-order valence-corrected chi connectivity index (χ4v) is 4.82. The number of benzene rings is 2. The van der Waals surface area contributed by atoms with Crippen LogP contribution in [0.25, 0.3) is 0 Å². The van der Waals surface area contributed by atoms with Gasteiger partial charge < -0.3 is 19.5 Å². The molecule has 3 rings (SSSR count). The topological polar surface area (TPSA) is 59.0 Å². The molecule has 1 saturated heterocycles. The summed E-state index contributed by atoms with van der Waals surface area (Å²) in [5.74, 6) is 1.40. The van der Waals surface area contributed by atoms with E-state index in [-0.39, 0.29) is 18.1 Å². The Kier molecular flexibility index (Phi) is 7.60. The van der Waals surface area contributed by atoms with Crippen LogP contribution in [0.3, 0.4) is 0 Å². The summed E-state index contributed by atoms with van der Waals surface area (Å²) in [6.45, 7) is 5.82. The molecule has 5 nitrogen and oxygen atoms in total. The number of phenols is 1. The lowest BCUT2D eigenvalue weighted by Crippen LogP contribution is -2.43. The molecule has 2 aromatic carbocycles. The Morgan fingerprint density at radius 1 is 1.10 bits per heavy atom. The molecule has 0 bridgehead atoms. The number of piperidine rings is 1. The van der Waals surface area contributed by atoms with Gasteiger partial charge >= 0.3 is 0 Å². The van der Waals surface area contributed by atoms with Crippen LogP contribution in [0.1, 0.15) is 43.7 Å². The van der Waals surface area contributed by atoms with Crippen molar-refractivity contribution in [2.45, 2.75) is 32.6 Å². The molecule has 0 aliphatic carbocycles. The fraction of sp³-hybridized carbons (Fsp3) is 0.458. The van der Waals surface area contributed by atoms with Crippen molar-refractivity contribution >= 4 is 29.1 Å².